The lowest BCUT2D eigenvalue weighted by atomic mass is 10.1. The van der Waals surface area contributed by atoms with Gasteiger partial charge in [0.1, 0.15) is 0 Å². The molecule has 0 aliphatic carbocycles. The zero-order valence-electron chi connectivity index (χ0n) is 14.7. The third-order valence-corrected chi connectivity index (χ3v) is 3.85. The summed E-state index contributed by atoms with van der Waals surface area (Å²) in [5.74, 6) is -4.56. The van der Waals surface area contributed by atoms with Crippen LogP contribution in [0.2, 0.25) is 0 Å². The van der Waals surface area contributed by atoms with E-state index in [2.05, 4.69) is 9.47 Å². The molecule has 168 valence electrons. The minimum atomic E-state index is -5.38. The Hall–Kier alpha value is -3.32. The summed E-state index contributed by atoms with van der Waals surface area (Å²) in [7, 11) is 0. The van der Waals surface area contributed by atoms with Gasteiger partial charge in [0.05, 0.1) is 11.1 Å². The van der Waals surface area contributed by atoms with Crippen molar-refractivity contribution in [3.05, 3.63) is 53.6 Å². The van der Waals surface area contributed by atoms with Crippen LogP contribution in [0.25, 0.3) is 0 Å². The van der Waals surface area contributed by atoms with Crippen LogP contribution in [-0.2, 0) is 12.4 Å². The summed E-state index contributed by atoms with van der Waals surface area (Å²) in [6.07, 6.45) is -15.8. The predicted octanol–water partition coefficient (Wildman–Crippen LogP) is 5.53. The molecule has 0 spiro atoms. The van der Waals surface area contributed by atoms with Crippen LogP contribution in [0.5, 0.6) is 11.5 Å². The van der Waals surface area contributed by atoms with Crippen molar-refractivity contribution >= 4 is 11.7 Å². The first-order valence-corrected chi connectivity index (χ1v) is 8.03. The number of anilines is 1. The number of fused-ring (bicyclic) bond motifs is 1. The molecule has 0 saturated carbocycles. The van der Waals surface area contributed by atoms with Crippen molar-refractivity contribution in [1.29, 1.82) is 0 Å². The van der Waals surface area contributed by atoms with E-state index in [0.29, 0.717) is 0 Å². The molecule has 3 rings (SSSR count). The number of carbonyl (C=O) groups excluding carboxylic acids is 1. The molecule has 5 nitrogen and oxygen atoms in total. The quantitative estimate of drug-likeness (QED) is 0.580. The van der Waals surface area contributed by atoms with E-state index in [1.54, 1.807) is 0 Å². The molecule has 2 aromatic rings. The number of ether oxygens (including phenoxy) is 2. The summed E-state index contributed by atoms with van der Waals surface area (Å²) >= 11 is 0. The molecule has 0 radical (unpaired) electrons. The minimum Gasteiger partial charge on any atom is -0.424 e. The van der Waals surface area contributed by atoms with Gasteiger partial charge >= 0.3 is 30.5 Å². The number of urea groups is 1. The topological polar surface area (TPSA) is 59.6 Å². The van der Waals surface area contributed by atoms with Gasteiger partial charge in [-0.1, -0.05) is 12.1 Å². The van der Waals surface area contributed by atoms with Crippen LogP contribution in [-0.4, -0.2) is 18.1 Å². The Kier molecular flexibility index (Phi) is 5.14. The van der Waals surface area contributed by atoms with Crippen molar-refractivity contribution in [2.24, 2.45) is 0 Å². The molecular weight excluding hydrogens is 451 g/mol. The van der Waals surface area contributed by atoms with Crippen LogP contribution >= 0.6 is 0 Å². The van der Waals surface area contributed by atoms with Crippen LogP contribution in [0.3, 0.4) is 0 Å². The fraction of sp³-hybridized carbons (Fsp3) is 0.235. The van der Waals surface area contributed by atoms with Crippen LogP contribution in [0, 0.1) is 0 Å². The summed E-state index contributed by atoms with van der Waals surface area (Å²) in [5, 5.41) is 2.77. The number of benzene rings is 2. The molecule has 0 fully saturated rings. The normalized spacial score (nSPS) is 15.5. The number of rotatable bonds is 2. The van der Waals surface area contributed by atoms with Crippen molar-refractivity contribution < 1.29 is 53.8 Å². The highest BCUT2D eigenvalue weighted by atomic mass is 19.4. The van der Waals surface area contributed by atoms with Crippen molar-refractivity contribution in [3.63, 3.8) is 0 Å². The van der Waals surface area contributed by atoms with E-state index in [1.165, 1.54) is 22.8 Å². The average Bonchev–Trinajstić information content (AvgIpc) is 2.99. The first-order valence-electron chi connectivity index (χ1n) is 8.03. The fourth-order valence-corrected chi connectivity index (χ4v) is 2.53. The number of halogens is 9. The Balaban J connectivity index is 1.89. The fourth-order valence-electron chi connectivity index (χ4n) is 2.53. The number of para-hydroxylation sites is 2. The largest absolute Gasteiger partial charge is 0.492 e. The van der Waals surface area contributed by atoms with Gasteiger partial charge in [-0.25, -0.2) is 4.79 Å². The number of nitrogens with one attached hydrogen (secondary N) is 2. The summed E-state index contributed by atoms with van der Waals surface area (Å²) < 4.78 is 127. The standard InChI is InChI=1S/C17H9F9N2O3/c18-14(19,20)8-5-9(15(21,22)23)7-10(6-8)27-13(29)28-17(16(24,25)26)30-11-3-1-2-4-12(11)31-17/h1-7H,(H2,27,28,29). The van der Waals surface area contributed by atoms with Crippen molar-refractivity contribution in [3.8, 4) is 11.5 Å². The van der Waals surface area contributed by atoms with Gasteiger partial charge in [-0.2, -0.15) is 39.5 Å². The van der Waals surface area contributed by atoms with Gasteiger partial charge in [0.15, 0.2) is 11.5 Å². The molecule has 2 aromatic carbocycles. The Labute approximate surface area is 166 Å². The Morgan fingerprint density at radius 1 is 0.774 bits per heavy atom. The third-order valence-electron chi connectivity index (χ3n) is 3.85. The van der Waals surface area contributed by atoms with E-state index >= 15 is 0 Å². The third kappa shape index (κ3) is 4.56. The van der Waals surface area contributed by atoms with Gasteiger partial charge in [-0.05, 0) is 30.3 Å². The molecule has 1 aliphatic heterocycles. The highest BCUT2D eigenvalue weighted by Gasteiger charge is 2.65. The second-order valence-electron chi connectivity index (χ2n) is 6.14. The molecule has 1 heterocycles. The second-order valence-corrected chi connectivity index (χ2v) is 6.14. The first kappa shape index (κ1) is 22.4. The lowest BCUT2D eigenvalue weighted by molar-refractivity contribution is -0.317. The molecule has 1 aliphatic rings. The lowest BCUT2D eigenvalue weighted by Crippen LogP contribution is -2.65. The minimum absolute atomic E-state index is 0.125. The second kappa shape index (κ2) is 7.13. The number of carbonyl (C=O) groups is 1. The monoisotopic (exact) mass is 460 g/mol. The van der Waals surface area contributed by atoms with E-state index in [0.717, 1.165) is 12.1 Å². The molecule has 0 bridgehead atoms. The molecule has 0 unspecified atom stereocenters. The van der Waals surface area contributed by atoms with E-state index in [9.17, 15) is 44.3 Å². The highest BCUT2D eigenvalue weighted by molar-refractivity contribution is 5.90. The van der Waals surface area contributed by atoms with Gasteiger partial charge in [0, 0.05) is 5.69 Å². The summed E-state index contributed by atoms with van der Waals surface area (Å²) in [6, 6.07) is 2.99. The van der Waals surface area contributed by atoms with Gasteiger partial charge in [-0.15, -0.1) is 0 Å². The predicted molar refractivity (Wildman–Crippen MR) is 85.1 cm³/mol. The molecule has 31 heavy (non-hydrogen) atoms. The zero-order chi connectivity index (χ0) is 23.2. The van der Waals surface area contributed by atoms with Gasteiger partial charge < -0.3 is 14.8 Å². The lowest BCUT2D eigenvalue weighted by Gasteiger charge is -2.29. The molecule has 2 amide bonds. The maximum atomic E-state index is 13.5. The number of amides is 2. The summed E-state index contributed by atoms with van der Waals surface area (Å²) in [4.78, 5) is 12.0. The van der Waals surface area contributed by atoms with Crippen LogP contribution in [0.15, 0.2) is 42.5 Å². The van der Waals surface area contributed by atoms with E-state index in [4.69, 9.17) is 0 Å². The molecule has 0 atom stereocenters. The van der Waals surface area contributed by atoms with Crippen molar-refractivity contribution in [1.82, 2.24) is 5.32 Å². The number of hydrogen-bond donors (Lipinski definition) is 2. The van der Waals surface area contributed by atoms with E-state index in [1.807, 2.05) is 0 Å². The van der Waals surface area contributed by atoms with E-state index in [-0.39, 0.29) is 18.2 Å². The zero-order valence-corrected chi connectivity index (χ0v) is 14.7. The maximum absolute atomic E-state index is 13.5. The Morgan fingerprint density at radius 3 is 1.61 bits per heavy atom. The van der Waals surface area contributed by atoms with Gasteiger partial charge in [0.2, 0.25) is 0 Å². The van der Waals surface area contributed by atoms with Crippen molar-refractivity contribution in [2.75, 3.05) is 5.32 Å². The number of hydrogen-bond acceptors (Lipinski definition) is 3. The van der Waals surface area contributed by atoms with E-state index < -0.39 is 58.8 Å². The first-order chi connectivity index (χ1) is 14.1. The molecule has 0 aromatic heterocycles. The Bertz CT molecular complexity index is 942. The highest BCUT2D eigenvalue weighted by Crippen LogP contribution is 2.45. The molecular formula is C17H9F9N2O3. The van der Waals surface area contributed by atoms with Crippen LogP contribution < -0.4 is 20.1 Å². The van der Waals surface area contributed by atoms with Crippen LogP contribution in [0.4, 0.5) is 50.0 Å². The SMILES string of the molecule is O=C(Nc1cc(C(F)(F)F)cc(C(F)(F)F)c1)NC1(C(F)(F)F)Oc2ccccc2O1. The molecule has 2 N–H and O–H groups in total. The average molecular weight is 460 g/mol. The molecule has 14 heteroatoms. The summed E-state index contributed by atoms with van der Waals surface area (Å²) in [5.41, 5.74) is -4.61. The van der Waals surface area contributed by atoms with Crippen LogP contribution in [0.1, 0.15) is 11.1 Å². The Morgan fingerprint density at radius 2 is 1.23 bits per heavy atom. The number of alkyl halides is 9. The maximum Gasteiger partial charge on any atom is 0.492 e. The van der Waals surface area contributed by atoms with Gasteiger partial charge in [0.25, 0.3) is 0 Å². The van der Waals surface area contributed by atoms with Crippen molar-refractivity contribution in [2.45, 2.75) is 24.4 Å². The van der Waals surface area contributed by atoms with Gasteiger partial charge in [-0.3, -0.25) is 5.32 Å². The smallest absolute Gasteiger partial charge is 0.424 e. The summed E-state index contributed by atoms with van der Waals surface area (Å²) in [6.45, 7) is 0. The molecule has 0 saturated heterocycles.